The summed E-state index contributed by atoms with van der Waals surface area (Å²) < 4.78 is 0. The zero-order valence-electron chi connectivity index (χ0n) is 30.7. The first kappa shape index (κ1) is 38.2. The fourth-order valence-electron chi connectivity index (χ4n) is 6.98. The van der Waals surface area contributed by atoms with Gasteiger partial charge in [-0.05, 0) is 82.7 Å². The molecule has 278 valence electrons. The Kier molecular flexibility index (Phi) is 11.7. The standard InChI is InChI=1S/C44H28N4.C5H8O2.Er/c1-5-13-29(14-6-1)41-33-21-23-35(45-33)42(30-15-7-2-8-16-30)37-25-27-39(47-37)44(32-19-11-4-12-20-32)40-28-26-38(48-40)43(31-17-9-3-10-18-31)36-24-22-34(41)46-36;1-4(6)3-5(2)7;/h1-28H;3,6H,1-2H3;/q-2;;/b;4-3-;. The van der Waals surface area contributed by atoms with Crippen LogP contribution in [0.1, 0.15) is 36.6 Å². The van der Waals surface area contributed by atoms with Gasteiger partial charge in [-0.25, -0.2) is 9.97 Å². The Morgan fingerprint density at radius 1 is 0.446 bits per heavy atom. The van der Waals surface area contributed by atoms with E-state index >= 15 is 0 Å². The molecule has 2 aliphatic rings. The van der Waals surface area contributed by atoms with E-state index in [2.05, 4.69) is 146 Å². The minimum Gasteiger partial charge on any atom is -0.657 e. The molecule has 0 spiro atoms. The number of aliphatic hydroxyl groups excluding tert-OH is 1. The number of ketones is 1. The molecular weight excluding hydrogens is 844 g/mol. The van der Waals surface area contributed by atoms with Crippen LogP contribution in [0.5, 0.6) is 0 Å². The van der Waals surface area contributed by atoms with Crippen LogP contribution in [0, 0.1) is 37.3 Å². The molecule has 8 bridgehead atoms. The van der Waals surface area contributed by atoms with Crippen LogP contribution in [-0.2, 0) is 4.79 Å². The largest absolute Gasteiger partial charge is 0.657 e. The number of carbonyl (C=O) groups is 1. The fraction of sp³-hybridized carbons (Fsp3) is 0.0408. The van der Waals surface area contributed by atoms with E-state index < -0.39 is 0 Å². The minimum absolute atomic E-state index is 0. The number of benzene rings is 4. The van der Waals surface area contributed by atoms with Crippen molar-refractivity contribution in [2.24, 2.45) is 0 Å². The first-order chi connectivity index (χ1) is 26.9. The molecule has 0 radical (unpaired) electrons. The van der Waals surface area contributed by atoms with E-state index in [0.29, 0.717) is 0 Å². The molecule has 0 unspecified atom stereocenters. The molecule has 2 aliphatic heterocycles. The average molecular weight is 880 g/mol. The van der Waals surface area contributed by atoms with E-state index in [1.807, 2.05) is 24.3 Å². The maximum atomic E-state index is 10.0. The maximum Gasteiger partial charge on any atom is 0.155 e. The van der Waals surface area contributed by atoms with Gasteiger partial charge in [0.15, 0.2) is 5.78 Å². The number of hydrogen-bond acceptors (Lipinski definition) is 4. The third kappa shape index (κ3) is 8.14. The van der Waals surface area contributed by atoms with Crippen molar-refractivity contribution in [3.8, 4) is 44.5 Å². The van der Waals surface area contributed by atoms with Gasteiger partial charge in [0.2, 0.25) is 0 Å². The molecule has 5 heterocycles. The number of fused-ring (bicyclic) bond motifs is 8. The van der Waals surface area contributed by atoms with E-state index in [4.69, 9.17) is 25.0 Å². The Morgan fingerprint density at radius 2 is 0.696 bits per heavy atom. The van der Waals surface area contributed by atoms with Gasteiger partial charge in [-0.2, -0.15) is 0 Å². The Balaban J connectivity index is 0.000000552. The maximum absolute atomic E-state index is 10.0. The van der Waals surface area contributed by atoms with Crippen molar-refractivity contribution >= 4 is 52.2 Å². The molecular formula is C49H36ErN4O2-2. The molecule has 0 fully saturated rings. The Labute approximate surface area is 355 Å². The molecule has 0 saturated carbocycles. The van der Waals surface area contributed by atoms with Crippen molar-refractivity contribution < 1.29 is 47.2 Å². The zero-order chi connectivity index (χ0) is 37.7. The summed E-state index contributed by atoms with van der Waals surface area (Å²) >= 11 is 0. The molecule has 3 aromatic heterocycles. The summed E-state index contributed by atoms with van der Waals surface area (Å²) in [5.41, 5.74) is 15.0. The van der Waals surface area contributed by atoms with Crippen LogP contribution in [0.15, 0.2) is 157 Å². The number of allylic oxidation sites excluding steroid dienone is 2. The van der Waals surface area contributed by atoms with Crippen LogP contribution >= 0.6 is 0 Å². The van der Waals surface area contributed by atoms with E-state index in [1.54, 1.807) is 0 Å². The van der Waals surface area contributed by atoms with Crippen LogP contribution in [0.2, 0.25) is 0 Å². The Morgan fingerprint density at radius 3 is 0.893 bits per heavy atom. The van der Waals surface area contributed by atoms with Gasteiger partial charge in [-0.15, -0.1) is 22.1 Å². The Hall–Kier alpha value is -6.06. The van der Waals surface area contributed by atoms with Crippen molar-refractivity contribution in [1.82, 2.24) is 19.9 Å². The second kappa shape index (κ2) is 17.2. The first-order valence-corrected chi connectivity index (χ1v) is 18.1. The monoisotopic (exact) mass is 878 g/mol. The number of rotatable bonds is 5. The third-order valence-electron chi connectivity index (χ3n) is 9.27. The molecule has 7 heteroatoms. The van der Waals surface area contributed by atoms with Crippen molar-refractivity contribution in [3.63, 3.8) is 0 Å². The second-order valence-electron chi connectivity index (χ2n) is 13.2. The molecule has 0 atom stereocenters. The molecule has 7 aromatic rings. The summed E-state index contributed by atoms with van der Waals surface area (Å²) in [5, 5.41) is 8.36. The molecule has 4 aromatic carbocycles. The van der Waals surface area contributed by atoms with Gasteiger partial charge >= 0.3 is 0 Å². The molecule has 0 aliphatic carbocycles. The normalized spacial score (nSPS) is 11.7. The predicted octanol–water partition coefficient (Wildman–Crippen LogP) is 11.6. The number of hydrogen-bond donors (Lipinski definition) is 1. The van der Waals surface area contributed by atoms with Crippen molar-refractivity contribution in [2.75, 3.05) is 0 Å². The van der Waals surface area contributed by atoms with Crippen molar-refractivity contribution in [1.29, 1.82) is 0 Å². The molecule has 9 rings (SSSR count). The molecule has 6 nitrogen and oxygen atoms in total. The fourth-order valence-corrected chi connectivity index (χ4v) is 6.98. The number of carbonyl (C=O) groups excluding carboxylic acids is 1. The van der Waals surface area contributed by atoms with Gasteiger partial charge in [-0.1, -0.05) is 146 Å². The summed E-state index contributed by atoms with van der Waals surface area (Å²) in [5.74, 6) is -0.0625. The van der Waals surface area contributed by atoms with Crippen LogP contribution in [0.4, 0.5) is 0 Å². The molecule has 0 saturated heterocycles. The summed E-state index contributed by atoms with van der Waals surface area (Å²) in [7, 11) is 0. The van der Waals surface area contributed by atoms with Crippen LogP contribution < -0.4 is 9.97 Å². The van der Waals surface area contributed by atoms with Crippen LogP contribution in [-0.4, -0.2) is 20.9 Å². The third-order valence-corrected chi connectivity index (χ3v) is 9.27. The predicted molar refractivity (Wildman–Crippen MR) is 226 cm³/mol. The smallest absolute Gasteiger partial charge is 0.155 e. The first-order valence-electron chi connectivity index (χ1n) is 18.1. The summed E-state index contributed by atoms with van der Waals surface area (Å²) in [4.78, 5) is 31.3. The molecule has 0 amide bonds. The quantitative estimate of drug-likeness (QED) is 0.137. The average Bonchev–Trinajstić information content (AvgIpc) is 4.04. The van der Waals surface area contributed by atoms with Gasteiger partial charge in [0.1, 0.15) is 0 Å². The molecule has 1 N–H and O–H groups in total. The van der Waals surface area contributed by atoms with Crippen LogP contribution in [0.3, 0.4) is 0 Å². The Bertz CT molecular complexity index is 2430. The van der Waals surface area contributed by atoms with Gasteiger partial charge in [-0.3, -0.25) is 4.79 Å². The number of aromatic nitrogens is 4. The van der Waals surface area contributed by atoms with E-state index in [0.717, 1.165) is 89.4 Å². The van der Waals surface area contributed by atoms with E-state index in [-0.39, 0.29) is 48.8 Å². The van der Waals surface area contributed by atoms with Crippen molar-refractivity contribution in [3.05, 3.63) is 180 Å². The van der Waals surface area contributed by atoms with Gasteiger partial charge < -0.3 is 15.1 Å². The SMILES string of the molecule is C1=Cc2nc1c(-c1ccccc1)c1ccc([n-]1)c(-c1ccccc1)c1nc(c(-c3ccccc3)c3ccc([n-]3)c2-c2ccccc2)C=C1.CC(=O)/C=C(/C)O.[Er]. The minimum atomic E-state index is -0.125. The summed E-state index contributed by atoms with van der Waals surface area (Å²) in [6.07, 6.45) is 9.57. The van der Waals surface area contributed by atoms with Crippen molar-refractivity contribution in [2.45, 2.75) is 13.8 Å². The van der Waals surface area contributed by atoms with E-state index in [9.17, 15) is 4.79 Å². The van der Waals surface area contributed by atoms with Crippen LogP contribution in [0.25, 0.3) is 90.9 Å². The van der Waals surface area contributed by atoms with E-state index in [1.165, 1.54) is 19.9 Å². The number of aliphatic hydroxyl groups is 1. The van der Waals surface area contributed by atoms with Gasteiger partial charge in [0, 0.05) is 43.4 Å². The second-order valence-corrected chi connectivity index (χ2v) is 13.2. The summed E-state index contributed by atoms with van der Waals surface area (Å²) in [6, 6.07) is 50.0. The molecule has 56 heavy (non-hydrogen) atoms. The number of nitrogens with zero attached hydrogens (tertiary/aromatic N) is 4. The van der Waals surface area contributed by atoms with Gasteiger partial charge in [0.25, 0.3) is 0 Å². The topological polar surface area (TPSA) is 91.3 Å². The van der Waals surface area contributed by atoms with Gasteiger partial charge in [0.05, 0.1) is 28.5 Å². The summed E-state index contributed by atoms with van der Waals surface area (Å²) in [6.45, 7) is 2.85. The zero-order valence-corrected chi connectivity index (χ0v) is 32.5.